The van der Waals surface area contributed by atoms with Crippen LogP contribution in [0.15, 0.2) is 169 Å². The van der Waals surface area contributed by atoms with E-state index in [0.717, 1.165) is 35.3 Å². The van der Waals surface area contributed by atoms with Crippen molar-refractivity contribution >= 4 is 43.6 Å². The van der Waals surface area contributed by atoms with E-state index in [2.05, 4.69) is 182 Å². The number of rotatable bonds is 8. The molecular weight excluding hydrogens is 984 g/mol. The smallest absolute Gasteiger partial charge is 0.0461 e. The van der Waals surface area contributed by atoms with Crippen LogP contribution < -0.4 is 0 Å². The fourth-order valence-electron chi connectivity index (χ4n) is 7.10. The van der Waals surface area contributed by atoms with Crippen molar-refractivity contribution in [1.29, 1.82) is 0 Å². The Balaban J connectivity index is 0.000000280. The van der Waals surface area contributed by atoms with Crippen molar-refractivity contribution in [3.63, 3.8) is 0 Å². The van der Waals surface area contributed by atoms with Crippen LogP contribution in [0.3, 0.4) is 0 Å². The molecule has 0 unspecified atom stereocenters. The molecule has 268 valence electrons. The average molecular weight is 1030 g/mol. The Morgan fingerprint density at radius 3 is 1.59 bits per heavy atom. The average Bonchev–Trinajstić information content (AvgIpc) is 3.70. The summed E-state index contributed by atoms with van der Waals surface area (Å²) < 4.78 is 4.79. The topological polar surface area (TPSA) is 9.86 Å². The molecule has 0 fully saturated rings. The molecule has 2 heterocycles. The molecule has 0 aliphatic carbocycles. The van der Waals surface area contributed by atoms with Crippen molar-refractivity contribution in [1.82, 2.24) is 9.13 Å². The molecule has 0 aliphatic rings. The van der Waals surface area contributed by atoms with Crippen molar-refractivity contribution in [2.45, 2.75) is 40.8 Å². The molecule has 0 spiro atoms. The fourth-order valence-corrected chi connectivity index (χ4v) is 7.10. The van der Waals surface area contributed by atoms with Gasteiger partial charge in [0.05, 0.1) is 0 Å². The third-order valence-corrected chi connectivity index (χ3v) is 9.57. The minimum absolute atomic E-state index is 0. The van der Waals surface area contributed by atoms with Gasteiger partial charge in [-0.1, -0.05) is 78.2 Å². The summed E-state index contributed by atoms with van der Waals surface area (Å²) >= 11 is 0. The van der Waals surface area contributed by atoms with Gasteiger partial charge in [0.1, 0.15) is 0 Å². The van der Waals surface area contributed by atoms with E-state index < -0.39 is 0 Å². The summed E-state index contributed by atoms with van der Waals surface area (Å²) in [6, 6.07) is 55.7. The van der Waals surface area contributed by atoms with Gasteiger partial charge in [0.25, 0.3) is 0 Å². The van der Waals surface area contributed by atoms with Crippen molar-refractivity contribution in [2.24, 2.45) is 0 Å². The van der Waals surface area contributed by atoms with Crippen LogP contribution in [0.2, 0.25) is 0 Å². The van der Waals surface area contributed by atoms with E-state index in [1.807, 2.05) is 36.4 Å². The van der Waals surface area contributed by atoms with Crippen LogP contribution in [0, 0.1) is 24.3 Å². The molecule has 0 saturated carbocycles. The van der Waals surface area contributed by atoms with E-state index in [9.17, 15) is 0 Å². The molecule has 2 nitrogen and oxygen atoms in total. The summed E-state index contributed by atoms with van der Waals surface area (Å²) in [5, 5.41) is 4.94. The Morgan fingerprint density at radius 1 is 0.482 bits per heavy atom. The molecule has 8 rings (SSSR count). The van der Waals surface area contributed by atoms with Crippen molar-refractivity contribution in [2.75, 3.05) is 0 Å². The molecule has 56 heavy (non-hydrogen) atoms. The third-order valence-electron chi connectivity index (χ3n) is 9.57. The van der Waals surface area contributed by atoms with Crippen LogP contribution in [0.25, 0.3) is 65.9 Å². The summed E-state index contributed by atoms with van der Waals surface area (Å²) in [6.45, 7) is 10.0. The van der Waals surface area contributed by atoms with Gasteiger partial charge >= 0.3 is 0 Å². The number of hydrogen-bond donors (Lipinski definition) is 0. The molecule has 0 saturated heterocycles. The Kier molecular flexibility index (Phi) is 20.7. The molecule has 8 aromatic rings. The maximum absolute atomic E-state index is 3.64. The second kappa shape index (κ2) is 23.8. The first kappa shape index (κ1) is 48.7. The van der Waals surface area contributed by atoms with Crippen LogP contribution in [0.4, 0.5) is 0 Å². The van der Waals surface area contributed by atoms with E-state index in [1.54, 1.807) is 0 Å². The van der Waals surface area contributed by atoms with Gasteiger partial charge in [-0.2, -0.15) is 78.4 Å². The SMILES string of the molecule is C/C=C\C(=C/C)Cn1c2ccc(-c3[c-]cccc3)[c-]c2c2ccccc21.C/C=C\C(=C/C)Cn1c2ccccc2c2c(-c3[c-]cccc3)[c-]ccc21.[Y].[Y].[Y].[Y]. The maximum atomic E-state index is 3.64. The summed E-state index contributed by atoms with van der Waals surface area (Å²) in [5.74, 6) is 0. The Morgan fingerprint density at radius 2 is 1.02 bits per heavy atom. The third kappa shape index (κ3) is 10.7. The Hall–Kier alpha value is -1.70. The number of hydrogen-bond acceptors (Lipinski definition) is 0. The number of allylic oxidation sites excluding steroid dienone is 8. The number of nitrogens with zero attached hydrogens (tertiary/aromatic N) is 2. The summed E-state index contributed by atoms with van der Waals surface area (Å²) in [4.78, 5) is 0. The van der Waals surface area contributed by atoms with Gasteiger partial charge in [-0.3, -0.25) is 0 Å². The minimum atomic E-state index is 0. The van der Waals surface area contributed by atoms with Gasteiger partial charge in [-0.05, 0) is 67.4 Å². The molecule has 6 aromatic carbocycles. The van der Waals surface area contributed by atoms with E-state index in [0.29, 0.717) is 0 Å². The van der Waals surface area contributed by atoms with E-state index in [4.69, 9.17) is 0 Å². The number of para-hydroxylation sites is 2. The van der Waals surface area contributed by atoms with E-state index in [1.165, 1.54) is 54.8 Å². The van der Waals surface area contributed by atoms with E-state index in [-0.39, 0.29) is 131 Å². The van der Waals surface area contributed by atoms with Crippen LogP contribution in [0.5, 0.6) is 0 Å². The monoisotopic (exact) mass is 1030 g/mol. The fraction of sp³-hybridized carbons (Fsp3) is 0.120. The first-order valence-electron chi connectivity index (χ1n) is 18.0. The summed E-state index contributed by atoms with van der Waals surface area (Å²) in [5.41, 5.74) is 11.9. The molecule has 0 bridgehead atoms. The van der Waals surface area contributed by atoms with Gasteiger partial charge in [-0.25, -0.2) is 16.7 Å². The molecule has 0 N–H and O–H groups in total. The second-order valence-electron chi connectivity index (χ2n) is 12.7. The van der Waals surface area contributed by atoms with Crippen LogP contribution >= 0.6 is 0 Å². The first-order valence-corrected chi connectivity index (χ1v) is 18.0. The molecule has 6 heteroatoms. The standard InChI is InChI=1S/2C25H21N.4Y/c1-3-11-19(4-2)18-26-23-16-9-8-14-22(23)25-21(15-10-17-24(25)26)20-12-6-5-7-13-20;1-3-10-19(4-2)18-26-24-14-9-8-13-22(24)23-17-21(15-16-25(23)26)20-11-6-5-7-12-20;;;;/h3-12,14,16-17H,18H2,1-2H3;3-11,13-16H,18H2,1-2H3;;;;/q2*-2;;;;/b11-3-,19-4+;10-3-,19-4+;;;;. The predicted octanol–water partition coefficient (Wildman–Crippen LogP) is 13.2. The van der Waals surface area contributed by atoms with Gasteiger partial charge < -0.3 is 9.13 Å². The Labute approximate surface area is 433 Å². The summed E-state index contributed by atoms with van der Waals surface area (Å²) in [7, 11) is 0. The predicted molar refractivity (Wildman–Crippen MR) is 222 cm³/mol. The van der Waals surface area contributed by atoms with Crippen molar-refractivity contribution < 1.29 is 131 Å². The van der Waals surface area contributed by atoms with E-state index >= 15 is 0 Å². The minimum Gasteiger partial charge on any atom is -0.375 e. The largest absolute Gasteiger partial charge is 0.375 e. The van der Waals surface area contributed by atoms with Gasteiger partial charge in [0.15, 0.2) is 0 Å². The quantitative estimate of drug-likeness (QED) is 0.106. The zero-order valence-corrected chi connectivity index (χ0v) is 44.0. The normalized spacial score (nSPS) is 11.6. The molecule has 0 atom stereocenters. The maximum Gasteiger partial charge on any atom is 0.0461 e. The zero-order valence-electron chi connectivity index (χ0n) is 32.6. The summed E-state index contributed by atoms with van der Waals surface area (Å²) in [6.07, 6.45) is 12.9. The molecule has 0 aliphatic heterocycles. The molecular formula is C50H42N2Y4-4. The van der Waals surface area contributed by atoms with Crippen LogP contribution in [0.1, 0.15) is 27.7 Å². The molecule has 4 radical (unpaired) electrons. The molecule has 2 aromatic heterocycles. The van der Waals surface area contributed by atoms with Crippen LogP contribution in [-0.2, 0) is 144 Å². The van der Waals surface area contributed by atoms with Crippen LogP contribution in [-0.4, -0.2) is 9.13 Å². The number of fused-ring (bicyclic) bond motifs is 6. The first-order chi connectivity index (χ1) is 25.6. The number of benzene rings is 6. The molecule has 0 amide bonds. The Bertz CT molecular complexity index is 2610. The zero-order chi connectivity index (χ0) is 35.9. The van der Waals surface area contributed by atoms with Crippen molar-refractivity contribution in [3.8, 4) is 22.3 Å². The van der Waals surface area contributed by atoms with Gasteiger partial charge in [0.2, 0.25) is 0 Å². The van der Waals surface area contributed by atoms with Crippen molar-refractivity contribution in [3.05, 3.63) is 193 Å². The van der Waals surface area contributed by atoms with Gasteiger partial charge in [-0.15, -0.1) is 35.0 Å². The number of aromatic nitrogens is 2. The second-order valence-corrected chi connectivity index (χ2v) is 12.7. The van der Waals surface area contributed by atoms with Gasteiger partial charge in [0, 0.05) is 155 Å².